The van der Waals surface area contributed by atoms with Crippen molar-refractivity contribution in [2.75, 3.05) is 14.2 Å². The number of halogens is 2. The summed E-state index contributed by atoms with van der Waals surface area (Å²) in [6, 6.07) is 21.7. The average molecular weight is 623 g/mol. The van der Waals surface area contributed by atoms with Gasteiger partial charge in [0, 0.05) is 21.2 Å². The molecular formula is C31H25Cl2N3O5S. The van der Waals surface area contributed by atoms with E-state index in [0.717, 1.165) is 16.7 Å². The van der Waals surface area contributed by atoms with Crippen molar-refractivity contribution in [3.8, 4) is 17.2 Å². The van der Waals surface area contributed by atoms with Gasteiger partial charge in [0.25, 0.3) is 5.91 Å². The van der Waals surface area contributed by atoms with Crippen LogP contribution in [0.15, 0.2) is 98.6 Å². The van der Waals surface area contributed by atoms with Gasteiger partial charge in [-0.05, 0) is 71.9 Å². The van der Waals surface area contributed by atoms with Gasteiger partial charge in [-0.2, -0.15) is 5.10 Å². The van der Waals surface area contributed by atoms with Gasteiger partial charge < -0.3 is 18.6 Å². The summed E-state index contributed by atoms with van der Waals surface area (Å²) in [5, 5.41) is 10.1. The van der Waals surface area contributed by atoms with E-state index < -0.39 is 0 Å². The lowest BCUT2D eigenvalue weighted by Gasteiger charge is -2.13. The first-order chi connectivity index (χ1) is 20.4. The molecule has 0 unspecified atom stereocenters. The number of ether oxygens (including phenoxy) is 3. The van der Waals surface area contributed by atoms with Crippen molar-refractivity contribution < 1.29 is 23.4 Å². The second-order valence-corrected chi connectivity index (χ2v) is 10.7. The van der Waals surface area contributed by atoms with E-state index in [1.54, 1.807) is 69.2 Å². The molecule has 42 heavy (non-hydrogen) atoms. The Morgan fingerprint density at radius 3 is 2.55 bits per heavy atom. The first-order valence-corrected chi connectivity index (χ1v) is 14.2. The minimum absolute atomic E-state index is 0.208. The number of nitrogens with zero attached hydrogens (tertiary/aromatic N) is 3. The number of carbonyl (C=O) groups is 1. The van der Waals surface area contributed by atoms with Gasteiger partial charge in [-0.25, -0.2) is 0 Å². The van der Waals surface area contributed by atoms with Crippen LogP contribution >= 0.6 is 35.0 Å². The molecule has 1 amide bonds. The topological polar surface area (TPSA) is 85.9 Å². The zero-order valence-corrected chi connectivity index (χ0v) is 24.9. The Morgan fingerprint density at radius 1 is 0.952 bits per heavy atom. The minimum Gasteiger partial charge on any atom is -0.496 e. The average Bonchev–Trinajstić information content (AvgIpc) is 3.61. The molecule has 3 aromatic carbocycles. The van der Waals surface area contributed by atoms with Crippen LogP contribution in [0.25, 0.3) is 6.08 Å². The maximum absolute atomic E-state index is 13.4. The van der Waals surface area contributed by atoms with E-state index in [-0.39, 0.29) is 19.1 Å². The summed E-state index contributed by atoms with van der Waals surface area (Å²) in [4.78, 5) is 15.4. The van der Waals surface area contributed by atoms with Crippen molar-refractivity contribution in [2.24, 2.45) is 10.2 Å². The molecule has 11 heteroatoms. The lowest BCUT2D eigenvalue weighted by Crippen LogP contribution is -2.28. The van der Waals surface area contributed by atoms with Crippen LogP contribution in [0.3, 0.4) is 0 Å². The largest absolute Gasteiger partial charge is 0.496 e. The van der Waals surface area contributed by atoms with Crippen molar-refractivity contribution in [3.05, 3.63) is 116 Å². The molecule has 0 radical (unpaired) electrons. The second kappa shape index (κ2) is 13.7. The van der Waals surface area contributed by atoms with Crippen molar-refractivity contribution in [3.63, 3.8) is 0 Å². The number of para-hydroxylation sites is 1. The maximum atomic E-state index is 13.4. The number of hydrogen-bond acceptors (Lipinski definition) is 8. The third kappa shape index (κ3) is 6.99. The molecule has 2 heterocycles. The molecule has 1 aliphatic rings. The SMILES string of the molecule is COc1ccccc1/C=C1\S/C(=N\N=C\c2ccc(OCc3ccc(Cl)cc3Cl)c(OC)c2)N(Cc2ccco2)C1=O. The van der Waals surface area contributed by atoms with Gasteiger partial charge in [0.2, 0.25) is 0 Å². The van der Waals surface area contributed by atoms with Crippen LogP contribution in [0.5, 0.6) is 17.2 Å². The molecule has 0 atom stereocenters. The molecule has 8 nitrogen and oxygen atoms in total. The molecule has 0 bridgehead atoms. The minimum atomic E-state index is -0.208. The number of furan rings is 1. The predicted octanol–water partition coefficient (Wildman–Crippen LogP) is 7.69. The zero-order valence-electron chi connectivity index (χ0n) is 22.6. The molecule has 0 spiro atoms. The van der Waals surface area contributed by atoms with Crippen molar-refractivity contribution in [1.82, 2.24) is 4.90 Å². The van der Waals surface area contributed by atoms with Crippen molar-refractivity contribution in [2.45, 2.75) is 13.2 Å². The Bertz CT molecular complexity index is 1670. The second-order valence-electron chi connectivity index (χ2n) is 8.89. The van der Waals surface area contributed by atoms with Gasteiger partial charge in [-0.3, -0.25) is 9.69 Å². The highest BCUT2D eigenvalue weighted by atomic mass is 35.5. The van der Waals surface area contributed by atoms with Crippen LogP contribution in [-0.2, 0) is 17.9 Å². The Labute approximate surface area is 257 Å². The molecule has 1 aromatic heterocycles. The molecule has 0 aliphatic carbocycles. The highest BCUT2D eigenvalue weighted by molar-refractivity contribution is 8.18. The van der Waals surface area contributed by atoms with Crippen LogP contribution < -0.4 is 14.2 Å². The number of rotatable bonds is 10. The molecule has 1 fully saturated rings. The zero-order chi connectivity index (χ0) is 29.5. The van der Waals surface area contributed by atoms with Crippen molar-refractivity contribution >= 4 is 58.3 Å². The molecule has 5 rings (SSSR count). The molecule has 1 saturated heterocycles. The van der Waals surface area contributed by atoms with E-state index in [1.807, 2.05) is 36.4 Å². The van der Waals surface area contributed by atoms with Gasteiger partial charge in [-0.1, -0.05) is 47.5 Å². The lowest BCUT2D eigenvalue weighted by molar-refractivity contribution is -0.122. The normalized spacial score (nSPS) is 15.2. The molecule has 0 saturated carbocycles. The Morgan fingerprint density at radius 2 is 1.79 bits per heavy atom. The standard InChI is InChI=1S/C31H25Cl2N3O5S/c1-38-26-8-4-3-6-21(26)15-29-30(37)36(18-24-7-5-13-40-24)31(42-29)35-34-17-20-9-12-27(28(14-20)39-2)41-19-22-10-11-23(32)16-25(22)33/h3-17H,18-19H2,1-2H3/b29-15-,34-17+,35-31-. The molecule has 1 aliphatic heterocycles. The third-order valence-electron chi connectivity index (χ3n) is 6.14. The maximum Gasteiger partial charge on any atom is 0.267 e. The number of benzene rings is 3. The Kier molecular flexibility index (Phi) is 9.53. The van der Waals surface area contributed by atoms with Gasteiger partial charge in [0.05, 0.1) is 38.1 Å². The number of thioether (sulfide) groups is 1. The molecule has 0 N–H and O–H groups in total. The lowest BCUT2D eigenvalue weighted by atomic mass is 10.2. The summed E-state index contributed by atoms with van der Waals surface area (Å²) < 4.78 is 22.4. The summed E-state index contributed by atoms with van der Waals surface area (Å²) in [5.74, 6) is 2.14. The summed E-state index contributed by atoms with van der Waals surface area (Å²) in [7, 11) is 3.15. The first-order valence-electron chi connectivity index (χ1n) is 12.7. The molecule has 214 valence electrons. The fraction of sp³-hybridized carbons (Fsp3) is 0.129. The number of amides is 1. The number of carbonyl (C=O) groups excluding carboxylic acids is 1. The van der Waals surface area contributed by atoms with Crippen LogP contribution in [0.2, 0.25) is 10.0 Å². The van der Waals surface area contributed by atoms with E-state index in [0.29, 0.717) is 43.1 Å². The number of amidine groups is 1. The summed E-state index contributed by atoms with van der Waals surface area (Å²) in [6.07, 6.45) is 4.93. The monoisotopic (exact) mass is 621 g/mol. The fourth-order valence-corrected chi connectivity index (χ4v) is 5.42. The van der Waals surface area contributed by atoms with Crippen molar-refractivity contribution in [1.29, 1.82) is 0 Å². The summed E-state index contributed by atoms with van der Waals surface area (Å²) >= 11 is 13.5. The summed E-state index contributed by atoms with van der Waals surface area (Å²) in [5.41, 5.74) is 2.31. The first kappa shape index (κ1) is 29.3. The highest BCUT2D eigenvalue weighted by Crippen LogP contribution is 2.35. The number of hydrogen-bond donors (Lipinski definition) is 0. The van der Waals surface area contributed by atoms with Crippen LogP contribution in [0.1, 0.15) is 22.5 Å². The van der Waals surface area contributed by atoms with E-state index in [9.17, 15) is 4.79 Å². The van der Waals surface area contributed by atoms with Gasteiger partial charge in [-0.15, -0.1) is 5.10 Å². The molecular weight excluding hydrogens is 597 g/mol. The fourth-order valence-electron chi connectivity index (χ4n) is 4.03. The van der Waals surface area contributed by atoms with E-state index >= 15 is 0 Å². The van der Waals surface area contributed by atoms with Crippen LogP contribution in [0, 0.1) is 0 Å². The van der Waals surface area contributed by atoms with E-state index in [2.05, 4.69) is 10.2 Å². The van der Waals surface area contributed by atoms with Crippen LogP contribution in [0.4, 0.5) is 0 Å². The van der Waals surface area contributed by atoms with Gasteiger partial charge in [0.15, 0.2) is 16.7 Å². The smallest absolute Gasteiger partial charge is 0.267 e. The third-order valence-corrected chi connectivity index (χ3v) is 7.73. The quantitative estimate of drug-likeness (QED) is 0.102. The van der Waals surface area contributed by atoms with E-state index in [4.69, 9.17) is 41.8 Å². The predicted molar refractivity (Wildman–Crippen MR) is 167 cm³/mol. The Balaban J connectivity index is 1.35. The Hall–Kier alpha value is -4.18. The van der Waals surface area contributed by atoms with E-state index in [1.165, 1.54) is 16.7 Å². The van der Waals surface area contributed by atoms with Gasteiger partial charge >= 0.3 is 0 Å². The summed E-state index contributed by atoms with van der Waals surface area (Å²) in [6.45, 7) is 0.461. The van der Waals surface area contributed by atoms with Gasteiger partial charge in [0.1, 0.15) is 18.1 Å². The van der Waals surface area contributed by atoms with Crippen LogP contribution in [-0.4, -0.2) is 36.4 Å². The molecule has 4 aromatic rings. The number of methoxy groups -OCH3 is 2. The highest BCUT2D eigenvalue weighted by Gasteiger charge is 2.34.